The number of halogens is 2. The average molecular weight is 1430 g/mol. The second-order valence-electron chi connectivity index (χ2n) is 23.3. The molecule has 2 aliphatic rings. The molecule has 2 aliphatic heterocycles. The van der Waals surface area contributed by atoms with Gasteiger partial charge in [-0.05, 0) is 133 Å². The van der Waals surface area contributed by atoms with E-state index >= 15 is 9.59 Å². The first-order valence-electron chi connectivity index (χ1n) is 30.1. The predicted molar refractivity (Wildman–Crippen MR) is 373 cm³/mol. The Bertz CT molecular complexity index is 4760. The molecule has 95 heavy (non-hydrogen) atoms. The predicted octanol–water partition coefficient (Wildman–Crippen LogP) is 14.7. The Morgan fingerprint density at radius 3 is 1.06 bits per heavy atom. The molecule has 0 spiro atoms. The van der Waals surface area contributed by atoms with Crippen LogP contribution in [0.15, 0.2) is 294 Å². The minimum absolute atomic E-state index is 0. The molecule has 4 amide bonds. The number of hydrogen-bond acceptors (Lipinski definition) is 10. The molecule has 0 aliphatic carbocycles. The van der Waals surface area contributed by atoms with Crippen molar-refractivity contribution in [3.63, 3.8) is 0 Å². The van der Waals surface area contributed by atoms with Crippen LogP contribution in [0.2, 0.25) is 0 Å². The Kier molecular flexibility index (Phi) is 18.1. The molecule has 14 rings (SSSR count). The highest BCUT2D eigenvalue weighted by Crippen LogP contribution is 2.55. The summed E-state index contributed by atoms with van der Waals surface area (Å²) in [7, 11) is -9.03. The number of carbonyl (C=O) groups excluding carboxylic acids is 4. The van der Waals surface area contributed by atoms with Crippen molar-refractivity contribution >= 4 is 109 Å². The van der Waals surface area contributed by atoms with Crippen molar-refractivity contribution in [1.29, 1.82) is 0 Å². The fourth-order valence-corrected chi connectivity index (χ4v) is 16.2. The second kappa shape index (κ2) is 26.4. The van der Waals surface area contributed by atoms with E-state index in [0.29, 0.717) is 44.2 Å². The van der Waals surface area contributed by atoms with Crippen LogP contribution in [-0.2, 0) is 42.5 Å². The average Bonchev–Trinajstić information content (AvgIpc) is 1.67. The van der Waals surface area contributed by atoms with E-state index in [4.69, 9.17) is 8.83 Å². The van der Waals surface area contributed by atoms with E-state index in [1.165, 1.54) is 24.3 Å². The highest BCUT2D eigenvalue weighted by Gasteiger charge is 2.62. The Hall–Kier alpha value is -10.0. The molecule has 10 aromatic carbocycles. The minimum Gasteiger partial charge on any atom is -0.458 e. The Labute approximate surface area is 565 Å². The number of anilines is 2. The topological polar surface area (TPSA) is 225 Å². The molecular weight excluding hydrogens is 1370 g/mol. The van der Waals surface area contributed by atoms with Crippen molar-refractivity contribution in [2.45, 2.75) is 59.4 Å². The van der Waals surface area contributed by atoms with Crippen LogP contribution in [0, 0.1) is 13.8 Å². The van der Waals surface area contributed by atoms with Gasteiger partial charge < -0.3 is 24.9 Å². The van der Waals surface area contributed by atoms with Gasteiger partial charge in [0.1, 0.15) is 45.1 Å². The summed E-state index contributed by atoms with van der Waals surface area (Å²) in [6, 6.07) is 77.3. The normalized spacial score (nSPS) is 17.6. The van der Waals surface area contributed by atoms with Gasteiger partial charge in [-0.1, -0.05) is 213 Å². The number of aryl methyl sites for hydroxylation is 2. The molecule has 476 valence electrons. The Morgan fingerprint density at radius 1 is 0.421 bits per heavy atom. The number of nitrogens with zero attached hydrogens (tertiary/aromatic N) is 2. The molecule has 19 heteroatoms. The number of furan rings is 2. The summed E-state index contributed by atoms with van der Waals surface area (Å²) in [5.41, 5.74) is 2.58. The van der Waals surface area contributed by atoms with E-state index in [1.54, 1.807) is 133 Å². The standard InChI is InChI=1S/2C38H29BrN2O5S.H2O/c2*1-25-16-22-30(23-17-25)47(44,45)41-34-31-14-8-9-15-32(31)46-35(34)33(27-18-20-29(39)21-19-27)38(37(41)43,24-26-10-4-2-5-11-26)40-36(42)28-12-6-3-7-13-28;/h2*2-23,33H,24H2,1H3,(H,40,42);1H2/t2*33-,38-;/m10./s1. The van der Waals surface area contributed by atoms with Gasteiger partial charge in [-0.15, -0.1) is 0 Å². The molecule has 4 heterocycles. The van der Waals surface area contributed by atoms with E-state index < -0.39 is 66.6 Å². The summed E-state index contributed by atoms with van der Waals surface area (Å²) in [6.07, 6.45) is -0.0508. The lowest BCUT2D eigenvalue weighted by Crippen LogP contribution is -2.67. The Balaban J connectivity index is 0.000000180. The maximum Gasteiger partial charge on any atom is 0.271 e. The number of amides is 4. The van der Waals surface area contributed by atoms with Crippen LogP contribution in [0.5, 0.6) is 0 Å². The monoisotopic (exact) mass is 1430 g/mol. The molecule has 0 unspecified atom stereocenters. The number of para-hydroxylation sites is 2. The van der Waals surface area contributed by atoms with Crippen molar-refractivity contribution in [1.82, 2.24) is 10.6 Å². The van der Waals surface area contributed by atoms with Crippen molar-refractivity contribution < 1.29 is 50.3 Å². The van der Waals surface area contributed by atoms with E-state index in [2.05, 4.69) is 42.5 Å². The molecule has 12 aromatic rings. The van der Waals surface area contributed by atoms with Gasteiger partial charge in [0, 0.05) is 43.7 Å². The van der Waals surface area contributed by atoms with Gasteiger partial charge in [-0.3, -0.25) is 19.2 Å². The fourth-order valence-electron chi connectivity index (χ4n) is 12.7. The molecule has 0 radical (unpaired) electrons. The summed E-state index contributed by atoms with van der Waals surface area (Å²) in [6.45, 7) is 3.72. The maximum atomic E-state index is 15.5. The lowest BCUT2D eigenvalue weighted by atomic mass is 9.70. The summed E-state index contributed by atoms with van der Waals surface area (Å²) in [5, 5.41) is 7.12. The zero-order valence-corrected chi connectivity index (χ0v) is 55.8. The summed E-state index contributed by atoms with van der Waals surface area (Å²) in [4.78, 5) is 59.3. The van der Waals surface area contributed by atoms with Gasteiger partial charge in [-0.25, -0.2) is 16.8 Å². The van der Waals surface area contributed by atoms with E-state index in [0.717, 1.165) is 39.8 Å². The van der Waals surface area contributed by atoms with Gasteiger partial charge in [0.15, 0.2) is 0 Å². The molecule has 2 aromatic heterocycles. The van der Waals surface area contributed by atoms with Crippen molar-refractivity contribution in [3.05, 3.63) is 332 Å². The zero-order chi connectivity index (χ0) is 65.5. The maximum absolute atomic E-state index is 15.5. The molecule has 0 bridgehead atoms. The number of nitrogens with one attached hydrogen (secondary N) is 2. The molecular formula is C76H60Br2N4O11S2. The minimum atomic E-state index is -4.51. The van der Waals surface area contributed by atoms with Gasteiger partial charge in [-0.2, -0.15) is 8.61 Å². The molecule has 0 saturated carbocycles. The first kappa shape index (κ1) is 65.1. The van der Waals surface area contributed by atoms with E-state index in [9.17, 15) is 26.4 Å². The number of fused-ring (bicyclic) bond motifs is 6. The third-order valence-electron chi connectivity index (χ3n) is 17.2. The highest BCUT2D eigenvalue weighted by atomic mass is 79.9. The SMILES string of the molecule is Cc1ccc(S(=O)(=O)N2C(=O)[C@@](Cc3ccccc3)(NC(=O)c3ccccc3)[C@@H](c3ccc(Br)cc3)c3oc4ccccc4c32)cc1.Cc1ccc(S(=O)(=O)N2C(=O)[C@](Cc3ccccc3)(NC(=O)c3ccccc3)[C@H](c3ccc(Br)cc3)c3oc4ccccc4c32)cc1.O. The molecule has 0 saturated heterocycles. The van der Waals surface area contributed by atoms with Crippen LogP contribution < -0.4 is 19.2 Å². The lowest BCUT2D eigenvalue weighted by Gasteiger charge is -2.46. The molecule has 15 nitrogen and oxygen atoms in total. The number of carbonyl (C=O) groups is 4. The van der Waals surface area contributed by atoms with Crippen molar-refractivity contribution in [2.24, 2.45) is 0 Å². The first-order chi connectivity index (χ1) is 45.4. The fraction of sp³-hybridized carbons (Fsp3) is 0.105. The van der Waals surface area contributed by atoms with Crippen LogP contribution in [0.3, 0.4) is 0 Å². The molecule has 4 N–H and O–H groups in total. The highest BCUT2D eigenvalue weighted by molar-refractivity contribution is 9.10. The smallest absolute Gasteiger partial charge is 0.271 e. The van der Waals surface area contributed by atoms with Gasteiger partial charge in [0.05, 0.1) is 21.6 Å². The lowest BCUT2D eigenvalue weighted by molar-refractivity contribution is -0.125. The number of sulfonamides is 2. The summed E-state index contributed by atoms with van der Waals surface area (Å²) in [5.74, 6) is -3.95. The number of benzene rings is 10. The zero-order valence-electron chi connectivity index (χ0n) is 51.0. The van der Waals surface area contributed by atoms with Gasteiger partial charge >= 0.3 is 0 Å². The third-order valence-corrected chi connectivity index (χ3v) is 21.6. The number of rotatable bonds is 14. The van der Waals surface area contributed by atoms with Crippen LogP contribution in [0.25, 0.3) is 21.9 Å². The van der Waals surface area contributed by atoms with Crippen LogP contribution in [-0.4, -0.2) is 57.0 Å². The van der Waals surface area contributed by atoms with E-state index in [-0.39, 0.29) is 51.0 Å². The summed E-state index contributed by atoms with van der Waals surface area (Å²) >= 11 is 7.03. The Morgan fingerprint density at radius 2 is 0.726 bits per heavy atom. The third kappa shape index (κ3) is 12.1. The van der Waals surface area contributed by atoms with E-state index in [1.807, 2.05) is 123 Å². The first-order valence-corrected chi connectivity index (χ1v) is 34.5. The van der Waals surface area contributed by atoms with Gasteiger partial charge in [0.25, 0.3) is 43.7 Å². The number of hydrogen-bond donors (Lipinski definition) is 2. The van der Waals surface area contributed by atoms with Gasteiger partial charge in [0.2, 0.25) is 0 Å². The quantitative estimate of drug-likeness (QED) is 0.105. The van der Waals surface area contributed by atoms with Crippen LogP contribution in [0.1, 0.15) is 77.5 Å². The van der Waals surface area contributed by atoms with Crippen molar-refractivity contribution in [2.75, 3.05) is 8.61 Å². The van der Waals surface area contributed by atoms with Crippen molar-refractivity contribution in [3.8, 4) is 0 Å². The molecule has 0 fully saturated rings. The summed E-state index contributed by atoms with van der Waals surface area (Å²) < 4.78 is 75.5. The largest absolute Gasteiger partial charge is 0.458 e. The second-order valence-corrected chi connectivity index (χ2v) is 28.7. The van der Waals surface area contributed by atoms with Crippen LogP contribution >= 0.6 is 31.9 Å². The molecule has 4 atom stereocenters. The van der Waals surface area contributed by atoms with Crippen LogP contribution in [0.4, 0.5) is 11.4 Å².